The van der Waals surface area contributed by atoms with Crippen LogP contribution in [0.3, 0.4) is 0 Å². The molecular weight excluding hydrogens is 359 g/mol. The molecule has 0 aliphatic heterocycles. The maximum Gasteiger partial charge on any atom is 0.180 e. The first-order valence-electron chi connectivity index (χ1n) is 7.88. The minimum absolute atomic E-state index is 0.255. The third-order valence-corrected chi connectivity index (χ3v) is 3.62. The van der Waals surface area contributed by atoms with Crippen molar-refractivity contribution in [2.45, 2.75) is 13.8 Å². The van der Waals surface area contributed by atoms with Crippen LogP contribution in [0.15, 0.2) is 18.2 Å². The molecule has 0 heterocycles. The van der Waals surface area contributed by atoms with Gasteiger partial charge in [0.1, 0.15) is 24.1 Å². The fraction of sp³-hybridized carbons (Fsp3) is 0.250. The summed E-state index contributed by atoms with van der Waals surface area (Å²) in [7, 11) is 1.54. The summed E-state index contributed by atoms with van der Waals surface area (Å²) < 4.78 is 46.1. The van der Waals surface area contributed by atoms with E-state index in [4.69, 9.17) is 19.8 Å². The van der Waals surface area contributed by atoms with E-state index in [1.165, 1.54) is 6.07 Å². The fourth-order valence-corrected chi connectivity index (χ4v) is 2.31. The summed E-state index contributed by atoms with van der Waals surface area (Å²) in [5.41, 5.74) is 0.543. The van der Waals surface area contributed by atoms with Gasteiger partial charge in [0.15, 0.2) is 17.4 Å². The number of hydrogen-bond donors (Lipinski definition) is 0. The Kier molecular flexibility index (Phi) is 6.84. The molecule has 2 aromatic carbocycles. The predicted octanol–water partition coefficient (Wildman–Crippen LogP) is 3.95. The number of halogens is 3. The van der Waals surface area contributed by atoms with Gasteiger partial charge in [-0.05, 0) is 43.2 Å². The molecule has 0 atom stereocenters. The second kappa shape index (κ2) is 9.09. The van der Waals surface area contributed by atoms with Gasteiger partial charge in [-0.25, -0.2) is 13.2 Å². The van der Waals surface area contributed by atoms with Crippen LogP contribution in [0.25, 0.3) is 0 Å². The van der Waals surface area contributed by atoms with Gasteiger partial charge in [0.25, 0.3) is 0 Å². The highest BCUT2D eigenvalue weighted by molar-refractivity contribution is 5.53. The molecule has 0 fully saturated rings. The van der Waals surface area contributed by atoms with E-state index in [1.807, 2.05) is 0 Å². The van der Waals surface area contributed by atoms with Crippen molar-refractivity contribution in [2.75, 3.05) is 20.3 Å². The average molecular weight is 375 g/mol. The van der Waals surface area contributed by atoms with E-state index in [0.717, 1.165) is 0 Å². The zero-order valence-corrected chi connectivity index (χ0v) is 15.0. The Morgan fingerprint density at radius 3 is 2.19 bits per heavy atom. The summed E-state index contributed by atoms with van der Waals surface area (Å²) in [5, 5.41) is 8.65. The summed E-state index contributed by atoms with van der Waals surface area (Å²) in [6.07, 6.45) is 0. The van der Waals surface area contributed by atoms with Crippen LogP contribution in [0.2, 0.25) is 0 Å². The maximum absolute atomic E-state index is 14.0. The quantitative estimate of drug-likeness (QED) is 0.261. The van der Waals surface area contributed by atoms with E-state index < -0.39 is 28.6 Å². The Morgan fingerprint density at radius 2 is 1.59 bits per heavy atom. The number of methoxy groups -OCH3 is 1. The number of ether oxygens (including phenoxy) is 1. The summed E-state index contributed by atoms with van der Waals surface area (Å²) >= 11 is 0. The normalized spacial score (nSPS) is 10.1. The van der Waals surface area contributed by atoms with Crippen molar-refractivity contribution >= 4 is 0 Å². The average Bonchev–Trinajstić information content (AvgIpc) is 2.62. The molecule has 0 unspecified atom stereocenters. The molecule has 0 radical (unpaired) electrons. The molecule has 0 aliphatic carbocycles. The predicted molar refractivity (Wildman–Crippen MR) is 91.4 cm³/mol. The zero-order valence-electron chi connectivity index (χ0n) is 15.0. The third-order valence-electron chi connectivity index (χ3n) is 3.62. The highest BCUT2D eigenvalue weighted by Gasteiger charge is 2.17. The molecule has 140 valence electrons. The van der Waals surface area contributed by atoms with Crippen molar-refractivity contribution in [2.24, 2.45) is 0 Å². The van der Waals surface area contributed by atoms with Gasteiger partial charge < -0.3 is 9.62 Å². The monoisotopic (exact) mass is 375 g/mol. The van der Waals surface area contributed by atoms with Crippen molar-refractivity contribution in [3.05, 3.63) is 63.5 Å². The zero-order chi connectivity index (χ0) is 20.0. The van der Waals surface area contributed by atoms with Gasteiger partial charge in [-0.2, -0.15) is 10.1 Å². The van der Waals surface area contributed by atoms with Gasteiger partial charge >= 0.3 is 0 Å². The van der Waals surface area contributed by atoms with Crippen LogP contribution < -0.4 is 4.89 Å². The van der Waals surface area contributed by atoms with E-state index in [-0.39, 0.29) is 6.61 Å². The van der Waals surface area contributed by atoms with E-state index in [0.29, 0.717) is 35.1 Å². The van der Waals surface area contributed by atoms with Crippen molar-refractivity contribution in [3.63, 3.8) is 0 Å². The van der Waals surface area contributed by atoms with Gasteiger partial charge in [-0.1, -0.05) is 11.8 Å². The lowest BCUT2D eigenvalue weighted by molar-refractivity contribution is -0.213. The summed E-state index contributed by atoms with van der Waals surface area (Å²) in [6.45, 7) is 4.15. The van der Waals surface area contributed by atoms with Gasteiger partial charge in [0.2, 0.25) is 0 Å². The second-order valence-electron chi connectivity index (χ2n) is 5.60. The Morgan fingerprint density at radius 1 is 0.926 bits per heavy atom. The van der Waals surface area contributed by atoms with Crippen LogP contribution in [0.1, 0.15) is 27.8 Å². The molecule has 4 nitrogen and oxygen atoms in total. The number of benzene rings is 2. The molecule has 27 heavy (non-hydrogen) atoms. The lowest BCUT2D eigenvalue weighted by Crippen LogP contribution is -2.05. The van der Waals surface area contributed by atoms with E-state index >= 15 is 0 Å². The lowest BCUT2D eigenvalue weighted by Gasteiger charge is -2.09. The molecule has 0 aromatic heterocycles. The molecular formula is C20H16F3NO3. The van der Waals surface area contributed by atoms with Crippen molar-refractivity contribution in [1.29, 1.82) is 5.26 Å². The summed E-state index contributed by atoms with van der Waals surface area (Å²) in [6, 6.07) is 5.32. The second-order valence-corrected chi connectivity index (χ2v) is 5.60. The minimum atomic E-state index is -1.55. The van der Waals surface area contributed by atoms with E-state index in [1.54, 1.807) is 33.1 Å². The molecule has 0 aliphatic rings. The number of rotatable bonds is 5. The van der Waals surface area contributed by atoms with Crippen LogP contribution in [-0.4, -0.2) is 20.3 Å². The fourth-order valence-electron chi connectivity index (χ4n) is 2.31. The maximum atomic E-state index is 14.0. The Bertz CT molecular complexity index is 933. The van der Waals surface area contributed by atoms with Gasteiger partial charge in [0, 0.05) is 12.7 Å². The standard InChI is InChI=1S/C20H16F3NO3/c1-12-8-15(27-26-7-6-25-3)9-13(2)16(12)5-4-14-10-18(21)17(11-24)20(23)19(14)22/h8-10H,6-7H2,1-3H3. The van der Waals surface area contributed by atoms with Gasteiger partial charge in [-0.3, -0.25) is 0 Å². The summed E-state index contributed by atoms with van der Waals surface area (Å²) in [5.74, 6) is 1.51. The molecule has 0 saturated carbocycles. The molecule has 0 spiro atoms. The van der Waals surface area contributed by atoms with Crippen LogP contribution in [0.5, 0.6) is 5.75 Å². The summed E-state index contributed by atoms with van der Waals surface area (Å²) in [4.78, 5) is 10.1. The smallest absolute Gasteiger partial charge is 0.180 e. The molecule has 2 rings (SSSR count). The number of hydrogen-bond acceptors (Lipinski definition) is 4. The van der Waals surface area contributed by atoms with Crippen molar-refractivity contribution in [3.8, 4) is 23.7 Å². The molecule has 7 heteroatoms. The first kappa shape index (κ1) is 20.3. The number of aryl methyl sites for hydroxylation is 2. The first-order chi connectivity index (χ1) is 12.9. The number of nitrogens with zero attached hydrogens (tertiary/aromatic N) is 1. The topological polar surface area (TPSA) is 51.5 Å². The highest BCUT2D eigenvalue weighted by atomic mass is 19.2. The van der Waals surface area contributed by atoms with Gasteiger partial charge in [-0.15, -0.1) is 0 Å². The SMILES string of the molecule is COCCOOc1cc(C)c(C#Cc2cc(F)c(C#N)c(F)c2F)c(C)c1. The van der Waals surface area contributed by atoms with Crippen molar-refractivity contribution < 1.29 is 27.7 Å². The van der Waals surface area contributed by atoms with Crippen LogP contribution in [-0.2, 0) is 9.62 Å². The molecule has 0 N–H and O–H groups in total. The molecule has 0 amide bonds. The van der Waals surface area contributed by atoms with Crippen LogP contribution >= 0.6 is 0 Å². The van der Waals surface area contributed by atoms with E-state index in [2.05, 4.69) is 11.8 Å². The molecule has 0 bridgehead atoms. The van der Waals surface area contributed by atoms with Crippen LogP contribution in [0, 0.1) is 54.5 Å². The van der Waals surface area contributed by atoms with Crippen molar-refractivity contribution in [1.82, 2.24) is 0 Å². The minimum Gasteiger partial charge on any atom is -0.382 e. The first-order valence-corrected chi connectivity index (χ1v) is 7.88. The largest absolute Gasteiger partial charge is 0.382 e. The number of nitriles is 1. The Labute approximate surface area is 155 Å². The van der Waals surface area contributed by atoms with Crippen LogP contribution in [0.4, 0.5) is 13.2 Å². The van der Waals surface area contributed by atoms with Gasteiger partial charge in [0.05, 0.1) is 12.2 Å². The third kappa shape index (κ3) is 4.79. The Balaban J connectivity index is 2.31. The highest BCUT2D eigenvalue weighted by Crippen LogP contribution is 2.22. The Hall–Kier alpha value is -3.00. The molecule has 0 saturated heterocycles. The molecule has 2 aromatic rings. The lowest BCUT2D eigenvalue weighted by atomic mass is 10.0. The van der Waals surface area contributed by atoms with E-state index in [9.17, 15) is 13.2 Å².